The molecule has 116 valence electrons. The van der Waals surface area contributed by atoms with E-state index in [4.69, 9.17) is 5.11 Å². The van der Waals surface area contributed by atoms with Gasteiger partial charge in [-0.2, -0.15) is 5.10 Å². The molecule has 0 atom stereocenters. The molecule has 1 heterocycles. The molecule has 0 saturated heterocycles. The van der Waals surface area contributed by atoms with Crippen LogP contribution in [0.3, 0.4) is 0 Å². The lowest BCUT2D eigenvalue weighted by molar-refractivity contribution is -0.137. The first-order chi connectivity index (χ1) is 10.5. The number of aromatic nitrogens is 2. The number of carbonyl (C=O) groups excluding carboxylic acids is 1. The van der Waals surface area contributed by atoms with Crippen LogP contribution in [-0.2, 0) is 4.79 Å². The van der Waals surface area contributed by atoms with Crippen molar-refractivity contribution in [1.82, 2.24) is 15.1 Å². The van der Waals surface area contributed by atoms with Gasteiger partial charge in [-0.3, -0.25) is 14.7 Å². The number of halogens is 1. The van der Waals surface area contributed by atoms with Gasteiger partial charge >= 0.3 is 5.97 Å². The summed E-state index contributed by atoms with van der Waals surface area (Å²) in [6, 6.07) is 6.01. The highest BCUT2D eigenvalue weighted by Crippen LogP contribution is 2.24. The molecule has 1 aromatic carbocycles. The van der Waals surface area contributed by atoms with Crippen molar-refractivity contribution in [2.24, 2.45) is 0 Å². The Morgan fingerprint density at radius 2 is 2.09 bits per heavy atom. The van der Waals surface area contributed by atoms with Gasteiger partial charge < -0.3 is 10.0 Å². The Labute approximate surface area is 126 Å². The predicted octanol–water partition coefficient (Wildman–Crippen LogP) is 2.15. The number of nitrogens with zero attached hydrogens (tertiary/aromatic N) is 2. The Kier molecular flexibility index (Phi) is 4.88. The maximum Gasteiger partial charge on any atom is 0.323 e. The van der Waals surface area contributed by atoms with Crippen molar-refractivity contribution in [2.75, 3.05) is 13.1 Å². The molecular formula is C15H16FN3O3. The number of benzene rings is 1. The van der Waals surface area contributed by atoms with Crippen molar-refractivity contribution < 1.29 is 19.1 Å². The van der Waals surface area contributed by atoms with Gasteiger partial charge in [-0.25, -0.2) is 4.39 Å². The van der Waals surface area contributed by atoms with Crippen molar-refractivity contribution in [3.63, 3.8) is 0 Å². The fourth-order valence-corrected chi connectivity index (χ4v) is 2.17. The smallest absolute Gasteiger partial charge is 0.323 e. The van der Waals surface area contributed by atoms with Gasteiger partial charge in [0.05, 0.1) is 17.5 Å². The van der Waals surface area contributed by atoms with Crippen LogP contribution in [0.4, 0.5) is 4.39 Å². The zero-order valence-electron chi connectivity index (χ0n) is 12.0. The zero-order valence-corrected chi connectivity index (χ0v) is 12.0. The largest absolute Gasteiger partial charge is 0.480 e. The Morgan fingerprint density at radius 3 is 2.73 bits per heavy atom. The normalized spacial score (nSPS) is 10.5. The Hall–Kier alpha value is -2.70. The van der Waals surface area contributed by atoms with E-state index in [1.54, 1.807) is 12.1 Å². The molecule has 2 N–H and O–H groups in total. The summed E-state index contributed by atoms with van der Waals surface area (Å²) in [5.41, 5.74) is 0.615. The van der Waals surface area contributed by atoms with Crippen molar-refractivity contribution >= 4 is 11.9 Å². The van der Waals surface area contributed by atoms with Gasteiger partial charge in [0.2, 0.25) is 0 Å². The van der Waals surface area contributed by atoms with E-state index in [0.717, 1.165) is 0 Å². The minimum atomic E-state index is -1.10. The summed E-state index contributed by atoms with van der Waals surface area (Å²) in [6.45, 7) is 1.73. The third kappa shape index (κ3) is 3.30. The van der Waals surface area contributed by atoms with E-state index in [0.29, 0.717) is 13.0 Å². The molecule has 0 saturated carbocycles. The quantitative estimate of drug-likeness (QED) is 0.856. The molecule has 0 spiro atoms. The highest BCUT2D eigenvalue weighted by Gasteiger charge is 2.23. The van der Waals surface area contributed by atoms with Crippen LogP contribution in [0.5, 0.6) is 0 Å². The molecule has 2 aromatic rings. The molecule has 0 aliphatic rings. The van der Waals surface area contributed by atoms with Gasteiger partial charge in [0.1, 0.15) is 12.4 Å². The molecule has 0 fully saturated rings. The van der Waals surface area contributed by atoms with Crippen LogP contribution in [-0.4, -0.2) is 45.2 Å². The molecule has 0 aliphatic carbocycles. The van der Waals surface area contributed by atoms with Gasteiger partial charge in [0.15, 0.2) is 0 Å². The van der Waals surface area contributed by atoms with Crippen molar-refractivity contribution in [1.29, 1.82) is 0 Å². The molecule has 0 radical (unpaired) electrons. The van der Waals surface area contributed by atoms with Gasteiger partial charge in [0.25, 0.3) is 5.91 Å². The number of hydrogen-bond acceptors (Lipinski definition) is 3. The van der Waals surface area contributed by atoms with Crippen LogP contribution < -0.4 is 0 Å². The fraction of sp³-hybridized carbons (Fsp3) is 0.267. The maximum atomic E-state index is 13.9. The Bertz CT molecular complexity index is 684. The second kappa shape index (κ2) is 6.84. The standard InChI is InChI=1S/C15H16FN3O3/c1-2-7-19(9-13(20)21)15(22)11-8-17-18-14(11)10-5-3-4-6-12(10)16/h3-6,8H,2,7,9H2,1H3,(H,17,18)(H,20,21). The lowest BCUT2D eigenvalue weighted by atomic mass is 10.1. The number of aliphatic carboxylic acids is 1. The highest BCUT2D eigenvalue weighted by atomic mass is 19.1. The molecule has 0 bridgehead atoms. The summed E-state index contributed by atoms with van der Waals surface area (Å²) in [6.07, 6.45) is 1.90. The van der Waals surface area contributed by atoms with Crippen LogP contribution in [0.1, 0.15) is 23.7 Å². The summed E-state index contributed by atoms with van der Waals surface area (Å²) >= 11 is 0. The number of carbonyl (C=O) groups is 2. The van der Waals surface area contributed by atoms with Gasteiger partial charge in [0, 0.05) is 12.1 Å². The lowest BCUT2D eigenvalue weighted by Crippen LogP contribution is -2.36. The number of carboxylic acid groups (broad SMARTS) is 1. The predicted molar refractivity (Wildman–Crippen MR) is 77.8 cm³/mol. The topological polar surface area (TPSA) is 86.3 Å². The number of hydrogen-bond donors (Lipinski definition) is 2. The third-order valence-corrected chi connectivity index (χ3v) is 3.12. The molecule has 7 heteroatoms. The van der Waals surface area contributed by atoms with Crippen molar-refractivity contribution in [3.8, 4) is 11.3 Å². The molecule has 1 amide bonds. The maximum absolute atomic E-state index is 13.9. The number of amides is 1. The van der Waals surface area contributed by atoms with Gasteiger partial charge in [-0.15, -0.1) is 0 Å². The SMILES string of the molecule is CCCN(CC(=O)O)C(=O)c1cn[nH]c1-c1ccccc1F. The van der Waals surface area contributed by atoms with E-state index in [1.807, 2.05) is 6.92 Å². The van der Waals surface area contributed by atoms with E-state index in [9.17, 15) is 14.0 Å². The molecule has 0 unspecified atom stereocenters. The summed E-state index contributed by atoms with van der Waals surface area (Å²) < 4.78 is 13.9. The first kappa shape index (κ1) is 15.7. The van der Waals surface area contributed by atoms with E-state index in [2.05, 4.69) is 10.2 Å². The number of rotatable bonds is 6. The second-order valence-electron chi connectivity index (χ2n) is 4.76. The van der Waals surface area contributed by atoms with Gasteiger partial charge in [-0.1, -0.05) is 19.1 Å². The average molecular weight is 305 g/mol. The van der Waals surface area contributed by atoms with Crippen LogP contribution >= 0.6 is 0 Å². The minimum Gasteiger partial charge on any atom is -0.480 e. The van der Waals surface area contributed by atoms with Crippen LogP contribution in [0.15, 0.2) is 30.5 Å². The monoisotopic (exact) mass is 305 g/mol. The second-order valence-corrected chi connectivity index (χ2v) is 4.76. The fourth-order valence-electron chi connectivity index (χ4n) is 2.17. The first-order valence-corrected chi connectivity index (χ1v) is 6.84. The number of H-pyrrole nitrogens is 1. The van der Waals surface area contributed by atoms with Crippen LogP contribution in [0.2, 0.25) is 0 Å². The van der Waals surface area contributed by atoms with Gasteiger partial charge in [-0.05, 0) is 18.6 Å². The number of aromatic amines is 1. The van der Waals surface area contributed by atoms with E-state index in [1.165, 1.54) is 23.2 Å². The Balaban J connectivity index is 2.37. The number of nitrogens with one attached hydrogen (secondary N) is 1. The van der Waals surface area contributed by atoms with E-state index in [-0.39, 0.29) is 16.8 Å². The molecule has 6 nitrogen and oxygen atoms in total. The molecule has 1 aromatic heterocycles. The van der Waals surface area contributed by atoms with E-state index >= 15 is 0 Å². The molecule has 0 aliphatic heterocycles. The third-order valence-electron chi connectivity index (χ3n) is 3.12. The molecule has 2 rings (SSSR count). The summed E-state index contributed by atoms with van der Waals surface area (Å²) in [4.78, 5) is 24.6. The average Bonchev–Trinajstić information content (AvgIpc) is 2.95. The summed E-state index contributed by atoms with van der Waals surface area (Å²) in [7, 11) is 0. The van der Waals surface area contributed by atoms with Crippen molar-refractivity contribution in [2.45, 2.75) is 13.3 Å². The first-order valence-electron chi connectivity index (χ1n) is 6.84. The number of carboxylic acids is 1. The van der Waals surface area contributed by atoms with Crippen molar-refractivity contribution in [3.05, 3.63) is 41.8 Å². The lowest BCUT2D eigenvalue weighted by Gasteiger charge is -2.19. The Morgan fingerprint density at radius 1 is 1.36 bits per heavy atom. The summed E-state index contributed by atoms with van der Waals surface area (Å²) in [5.74, 6) is -2.07. The zero-order chi connectivity index (χ0) is 16.1. The van der Waals surface area contributed by atoms with Crippen LogP contribution in [0.25, 0.3) is 11.3 Å². The molecule has 22 heavy (non-hydrogen) atoms. The highest BCUT2D eigenvalue weighted by molar-refractivity contribution is 6.00. The molecular weight excluding hydrogens is 289 g/mol. The summed E-state index contributed by atoms with van der Waals surface area (Å²) in [5, 5.41) is 15.3. The minimum absolute atomic E-state index is 0.153. The van der Waals surface area contributed by atoms with E-state index < -0.39 is 24.2 Å². The van der Waals surface area contributed by atoms with Crippen LogP contribution in [0, 0.1) is 5.82 Å².